The molecule has 2 aliphatic heterocycles. The molecule has 2 aliphatic carbocycles. The van der Waals surface area contributed by atoms with Crippen molar-refractivity contribution in [3.05, 3.63) is 12.7 Å². The molecule has 5 amide bonds. The average molecular weight is 694 g/mol. The van der Waals surface area contributed by atoms with Crippen LogP contribution in [0.15, 0.2) is 12.7 Å². The number of carbonyl (C=O) groups excluding carboxylic acids is 5. The minimum Gasteiger partial charge on any atom is -0.359 e. The molecule has 13 nitrogen and oxygen atoms in total. The lowest BCUT2D eigenvalue weighted by Gasteiger charge is -2.42. The van der Waals surface area contributed by atoms with E-state index >= 15 is 0 Å². The van der Waals surface area contributed by atoms with E-state index < -0.39 is 73.9 Å². The number of carbonyl (C=O) groups is 5. The van der Waals surface area contributed by atoms with Crippen molar-refractivity contribution in [2.75, 3.05) is 25.4 Å². The Labute approximate surface area is 285 Å². The number of unbranched alkanes of at least 4 members (excludes halogenated alkanes) is 1. The number of amides is 5. The molecule has 4 N–H and O–H groups in total. The fourth-order valence-corrected chi connectivity index (χ4v) is 9.78. The van der Waals surface area contributed by atoms with Gasteiger partial charge in [0.2, 0.25) is 17.6 Å². The highest BCUT2D eigenvalue weighted by Crippen LogP contribution is 2.65. The Morgan fingerprint density at radius 1 is 1.06 bits per heavy atom. The molecule has 0 spiro atoms. The van der Waals surface area contributed by atoms with E-state index in [1.165, 1.54) is 11.0 Å². The molecule has 0 aromatic rings. The number of Topliss-reactive ketones (excluding diaryl/α,β-unsaturated/α-hetero) is 1. The van der Waals surface area contributed by atoms with Gasteiger partial charge in [0, 0.05) is 13.1 Å². The highest BCUT2D eigenvalue weighted by atomic mass is 32.2. The second-order valence-electron chi connectivity index (χ2n) is 15.6. The fourth-order valence-electron chi connectivity index (χ4n) is 7.95. The zero-order valence-electron chi connectivity index (χ0n) is 29.4. The van der Waals surface area contributed by atoms with Crippen molar-refractivity contribution in [1.82, 2.24) is 26.2 Å². The summed E-state index contributed by atoms with van der Waals surface area (Å²) in [6, 6.07) is -3.68. The molecule has 2 heterocycles. The van der Waals surface area contributed by atoms with E-state index in [1.807, 2.05) is 41.5 Å². The van der Waals surface area contributed by atoms with Crippen LogP contribution in [0.4, 0.5) is 4.79 Å². The lowest BCUT2D eigenvalue weighted by molar-refractivity contribution is -0.145. The van der Waals surface area contributed by atoms with E-state index in [9.17, 15) is 32.4 Å². The smallest absolute Gasteiger partial charge is 0.316 e. The number of likely N-dealkylation sites (tertiary alicyclic amines) is 1. The minimum absolute atomic E-state index is 0.0440. The van der Waals surface area contributed by atoms with Gasteiger partial charge in [0.05, 0.1) is 23.9 Å². The van der Waals surface area contributed by atoms with E-state index in [2.05, 4.69) is 27.8 Å². The Morgan fingerprint density at radius 3 is 2.29 bits per heavy atom. The van der Waals surface area contributed by atoms with Gasteiger partial charge >= 0.3 is 6.03 Å². The maximum Gasteiger partial charge on any atom is 0.316 e. The molecule has 2 saturated carbocycles. The average Bonchev–Trinajstić information content (AvgIpc) is 3.33. The van der Waals surface area contributed by atoms with Gasteiger partial charge in [0.1, 0.15) is 12.1 Å². The second-order valence-corrected chi connectivity index (χ2v) is 17.8. The molecule has 14 heteroatoms. The van der Waals surface area contributed by atoms with Crippen LogP contribution in [0, 0.1) is 22.7 Å². The molecular weight excluding hydrogens is 638 g/mol. The molecule has 48 heavy (non-hydrogen) atoms. The van der Waals surface area contributed by atoms with E-state index in [0.29, 0.717) is 25.8 Å². The zero-order valence-corrected chi connectivity index (χ0v) is 30.2. The Kier molecular flexibility index (Phi) is 11.4. The van der Waals surface area contributed by atoms with Crippen LogP contribution in [0.25, 0.3) is 0 Å². The number of sulfone groups is 1. The first kappa shape index (κ1) is 37.8. The summed E-state index contributed by atoms with van der Waals surface area (Å²) in [5, 5.41) is 11.1. The van der Waals surface area contributed by atoms with Gasteiger partial charge in [-0.25, -0.2) is 13.2 Å². The lowest BCUT2D eigenvalue weighted by Crippen LogP contribution is -2.65. The van der Waals surface area contributed by atoms with Gasteiger partial charge in [-0.1, -0.05) is 79.7 Å². The first-order valence-electron chi connectivity index (χ1n) is 17.4. The van der Waals surface area contributed by atoms with Gasteiger partial charge in [-0.15, -0.1) is 6.58 Å². The number of nitrogens with one attached hydrogen (secondary N) is 4. The van der Waals surface area contributed by atoms with Gasteiger partial charge in [-0.2, -0.15) is 0 Å². The maximum absolute atomic E-state index is 14.4. The van der Waals surface area contributed by atoms with Crippen LogP contribution in [0.3, 0.4) is 0 Å². The van der Waals surface area contributed by atoms with E-state index in [4.69, 9.17) is 4.74 Å². The molecule has 6 atom stereocenters. The molecular formula is C34H55N5O8S. The van der Waals surface area contributed by atoms with Crippen LogP contribution in [-0.4, -0.2) is 97.4 Å². The number of ether oxygens (including phenoxy) is 1. The molecule has 2 saturated heterocycles. The summed E-state index contributed by atoms with van der Waals surface area (Å²) in [7, 11) is -3.58. The number of nitrogens with zero attached hydrogens (tertiary/aromatic N) is 1. The van der Waals surface area contributed by atoms with Gasteiger partial charge in [0.25, 0.3) is 5.91 Å². The Morgan fingerprint density at radius 2 is 1.73 bits per heavy atom. The predicted molar refractivity (Wildman–Crippen MR) is 180 cm³/mol. The molecule has 0 aromatic carbocycles. The Bertz CT molecular complexity index is 1380. The minimum atomic E-state index is -3.58. The summed E-state index contributed by atoms with van der Waals surface area (Å²) in [5.41, 5.74) is -3.26. The quantitative estimate of drug-likeness (QED) is 0.167. The highest BCUT2D eigenvalue weighted by Gasteiger charge is 2.70. The number of ketones is 1. The standard InChI is InChI=1S/C34H55N5O8S/c1-8-10-14-22(25(40)28(42)35-17-9-2)36-27(41)24-23-21(33(23,6)7)20-39(24)29(43)26(32(3,4)5)37-31(44)38-34(15-12-11-13-16-34)30-47-18-19-48(30,45)46/h9,21-24,26,30H,2,8,10-20H2,1,3-7H3,(H,35,42)(H,36,41)(H2,37,38,44). The molecule has 4 aliphatic rings. The number of fused-ring (bicyclic) bond motifs is 1. The molecule has 0 bridgehead atoms. The van der Waals surface area contributed by atoms with Gasteiger partial charge in [-0.05, 0) is 41.9 Å². The number of rotatable bonds is 13. The molecule has 4 rings (SSSR count). The fraction of sp³-hybridized carbons (Fsp3) is 0.794. The summed E-state index contributed by atoms with van der Waals surface area (Å²) in [6.07, 6.45) is 6.36. The van der Waals surface area contributed by atoms with Crippen LogP contribution >= 0.6 is 0 Å². The third kappa shape index (κ3) is 7.74. The van der Waals surface area contributed by atoms with Crippen LogP contribution in [0.5, 0.6) is 0 Å². The SMILES string of the molecule is C=CCNC(=O)C(=O)C(CCCC)NC(=O)C1C2C(CN1C(=O)C(NC(=O)NC1(C3OCCS3(=O)=O)CCCCC1)C(C)(C)C)C2(C)C. The molecule has 4 fully saturated rings. The third-order valence-electron chi connectivity index (χ3n) is 10.8. The summed E-state index contributed by atoms with van der Waals surface area (Å²) >= 11 is 0. The largest absolute Gasteiger partial charge is 0.359 e. The number of hydrogen-bond donors (Lipinski definition) is 4. The van der Waals surface area contributed by atoms with E-state index in [0.717, 1.165) is 25.7 Å². The van der Waals surface area contributed by atoms with Crippen molar-refractivity contribution < 1.29 is 37.1 Å². The van der Waals surface area contributed by atoms with Crippen molar-refractivity contribution in [1.29, 1.82) is 0 Å². The maximum atomic E-state index is 14.4. The first-order chi connectivity index (χ1) is 22.4. The summed E-state index contributed by atoms with van der Waals surface area (Å²) in [4.78, 5) is 69.3. The van der Waals surface area contributed by atoms with E-state index in [-0.39, 0.29) is 42.6 Å². The van der Waals surface area contributed by atoms with Crippen LogP contribution in [-0.2, 0) is 33.8 Å². The van der Waals surface area contributed by atoms with E-state index in [1.54, 1.807) is 0 Å². The first-order valence-corrected chi connectivity index (χ1v) is 19.1. The molecule has 6 unspecified atom stereocenters. The monoisotopic (exact) mass is 693 g/mol. The summed E-state index contributed by atoms with van der Waals surface area (Å²) < 4.78 is 31.5. The number of piperidine rings is 1. The third-order valence-corrected chi connectivity index (χ3v) is 12.8. The summed E-state index contributed by atoms with van der Waals surface area (Å²) in [5.74, 6) is -2.73. The number of urea groups is 1. The van der Waals surface area contributed by atoms with Crippen LogP contribution in [0.2, 0.25) is 0 Å². The van der Waals surface area contributed by atoms with Gasteiger partial charge in [0.15, 0.2) is 15.3 Å². The van der Waals surface area contributed by atoms with Crippen LogP contribution in [0.1, 0.15) is 92.9 Å². The van der Waals surface area contributed by atoms with Crippen molar-refractivity contribution in [2.45, 2.75) is 122 Å². The number of hydrogen-bond acceptors (Lipinski definition) is 8. The van der Waals surface area contributed by atoms with Gasteiger partial charge < -0.3 is 30.9 Å². The lowest BCUT2D eigenvalue weighted by atomic mass is 9.82. The zero-order chi connectivity index (χ0) is 35.7. The normalized spacial score (nSPS) is 27.9. The topological polar surface area (TPSA) is 180 Å². The Balaban J connectivity index is 1.55. The predicted octanol–water partition coefficient (Wildman–Crippen LogP) is 2.20. The van der Waals surface area contributed by atoms with Crippen molar-refractivity contribution in [3.63, 3.8) is 0 Å². The molecule has 0 radical (unpaired) electrons. The van der Waals surface area contributed by atoms with Crippen LogP contribution < -0.4 is 21.3 Å². The van der Waals surface area contributed by atoms with Crippen molar-refractivity contribution in [3.8, 4) is 0 Å². The Hall–Kier alpha value is -3.00. The summed E-state index contributed by atoms with van der Waals surface area (Å²) in [6.45, 7) is 15.5. The van der Waals surface area contributed by atoms with Crippen molar-refractivity contribution in [2.24, 2.45) is 22.7 Å². The highest BCUT2D eigenvalue weighted by molar-refractivity contribution is 7.92. The molecule has 0 aromatic heterocycles. The van der Waals surface area contributed by atoms with Gasteiger partial charge in [-0.3, -0.25) is 19.2 Å². The second kappa shape index (κ2) is 14.5. The van der Waals surface area contributed by atoms with Crippen molar-refractivity contribution >= 4 is 39.4 Å². The molecule has 270 valence electrons.